The summed E-state index contributed by atoms with van der Waals surface area (Å²) in [6.07, 6.45) is 8.37. The van der Waals surface area contributed by atoms with Crippen LogP contribution in [0.25, 0.3) is 0 Å². The van der Waals surface area contributed by atoms with E-state index in [1.54, 1.807) is 27.7 Å². The highest BCUT2D eigenvalue weighted by molar-refractivity contribution is 7.87. The van der Waals surface area contributed by atoms with E-state index < -0.39 is 39.4 Å². The van der Waals surface area contributed by atoms with Crippen molar-refractivity contribution < 1.29 is 35.3 Å². The SMILES string of the molecule is CCCCCCCCC[C@H]1C=C(OS(=O)(=O)C(F)(F)F)C[C@@H](C)N1C(=O)OC(C)(C)C. The van der Waals surface area contributed by atoms with Crippen LogP contribution in [0, 0.1) is 0 Å². The molecule has 0 radical (unpaired) electrons. The second kappa shape index (κ2) is 11.4. The van der Waals surface area contributed by atoms with E-state index in [1.165, 1.54) is 17.4 Å². The van der Waals surface area contributed by atoms with Crippen LogP contribution in [-0.2, 0) is 19.0 Å². The van der Waals surface area contributed by atoms with E-state index in [0.29, 0.717) is 6.42 Å². The lowest BCUT2D eigenvalue weighted by Crippen LogP contribution is -2.50. The minimum absolute atomic E-state index is 0.151. The molecule has 6 nitrogen and oxygen atoms in total. The summed E-state index contributed by atoms with van der Waals surface area (Å²) in [5.41, 5.74) is -6.24. The molecular formula is C21H36F3NO5S. The fourth-order valence-electron chi connectivity index (χ4n) is 3.49. The minimum Gasteiger partial charge on any atom is -0.444 e. The number of carbonyl (C=O) groups is 1. The van der Waals surface area contributed by atoms with E-state index >= 15 is 0 Å². The molecule has 1 rings (SSSR count). The summed E-state index contributed by atoms with van der Waals surface area (Å²) in [5.74, 6) is -0.294. The molecule has 0 saturated carbocycles. The van der Waals surface area contributed by atoms with Crippen molar-refractivity contribution in [2.75, 3.05) is 0 Å². The van der Waals surface area contributed by atoms with Crippen molar-refractivity contribution in [3.8, 4) is 0 Å². The molecule has 0 spiro atoms. The standard InChI is InChI=1S/C21H36F3NO5S/c1-6-7-8-9-10-11-12-13-17-15-18(30-31(27,28)21(22,23)24)14-16(2)25(17)19(26)29-20(3,4)5/h15-17H,6-14H2,1-5H3/t16-,17+/m1/s1. The Morgan fingerprint density at radius 3 is 2.16 bits per heavy atom. The third-order valence-corrected chi connectivity index (χ3v) is 5.92. The lowest BCUT2D eigenvalue weighted by atomic mass is 9.97. The highest BCUT2D eigenvalue weighted by Crippen LogP contribution is 2.33. The van der Waals surface area contributed by atoms with Gasteiger partial charge in [-0.25, -0.2) is 4.79 Å². The fourth-order valence-corrected chi connectivity index (χ4v) is 3.99. The van der Waals surface area contributed by atoms with Gasteiger partial charge in [0.25, 0.3) is 0 Å². The van der Waals surface area contributed by atoms with Crippen molar-refractivity contribution >= 4 is 16.2 Å². The largest absolute Gasteiger partial charge is 0.534 e. The predicted octanol–water partition coefficient (Wildman–Crippen LogP) is 6.28. The van der Waals surface area contributed by atoms with Gasteiger partial charge in [-0.3, -0.25) is 4.90 Å². The summed E-state index contributed by atoms with van der Waals surface area (Å²) < 4.78 is 70.9. The maximum absolute atomic E-state index is 12.7. The van der Waals surface area contributed by atoms with E-state index in [4.69, 9.17) is 4.74 Å². The first-order chi connectivity index (χ1) is 14.2. The molecule has 31 heavy (non-hydrogen) atoms. The van der Waals surface area contributed by atoms with Crippen molar-refractivity contribution in [2.45, 2.75) is 116 Å². The molecule has 0 aromatic carbocycles. The van der Waals surface area contributed by atoms with Crippen LogP contribution in [0.5, 0.6) is 0 Å². The van der Waals surface area contributed by atoms with Gasteiger partial charge in [0, 0.05) is 12.5 Å². The van der Waals surface area contributed by atoms with Crippen LogP contribution in [-0.4, -0.2) is 42.6 Å². The molecule has 182 valence electrons. The first kappa shape index (κ1) is 27.6. The third-order valence-electron chi connectivity index (χ3n) is 4.92. The van der Waals surface area contributed by atoms with Gasteiger partial charge >= 0.3 is 21.7 Å². The van der Waals surface area contributed by atoms with Crippen LogP contribution in [0.1, 0.15) is 92.4 Å². The van der Waals surface area contributed by atoms with E-state index in [0.717, 1.165) is 38.5 Å². The summed E-state index contributed by atoms with van der Waals surface area (Å²) in [4.78, 5) is 14.2. The molecule has 1 aliphatic rings. The molecule has 0 fully saturated rings. The number of amides is 1. The van der Waals surface area contributed by atoms with Crippen LogP contribution in [0.15, 0.2) is 11.8 Å². The Balaban J connectivity index is 2.94. The number of ether oxygens (including phenoxy) is 1. The monoisotopic (exact) mass is 471 g/mol. The lowest BCUT2D eigenvalue weighted by Gasteiger charge is -2.39. The van der Waals surface area contributed by atoms with Crippen molar-refractivity contribution in [3.05, 3.63) is 11.8 Å². The first-order valence-electron chi connectivity index (χ1n) is 10.9. The van der Waals surface area contributed by atoms with Gasteiger partial charge in [-0.2, -0.15) is 21.6 Å². The number of rotatable bonds is 10. The summed E-state index contributed by atoms with van der Waals surface area (Å²) in [6.45, 7) is 8.96. The molecule has 0 N–H and O–H groups in total. The zero-order valence-electron chi connectivity index (χ0n) is 19.1. The number of hydrogen-bond acceptors (Lipinski definition) is 5. The molecular weight excluding hydrogens is 435 g/mol. The van der Waals surface area contributed by atoms with Gasteiger partial charge in [-0.1, -0.05) is 51.9 Å². The quantitative estimate of drug-likeness (QED) is 0.213. The Morgan fingerprint density at radius 2 is 1.65 bits per heavy atom. The molecule has 1 heterocycles. The van der Waals surface area contributed by atoms with E-state index in [-0.39, 0.29) is 12.2 Å². The number of hydrogen-bond donors (Lipinski definition) is 0. The molecule has 1 amide bonds. The highest BCUT2D eigenvalue weighted by Gasteiger charge is 2.49. The molecule has 2 atom stereocenters. The molecule has 10 heteroatoms. The van der Waals surface area contributed by atoms with Crippen LogP contribution in [0.4, 0.5) is 18.0 Å². The number of carbonyl (C=O) groups excluding carboxylic acids is 1. The first-order valence-corrected chi connectivity index (χ1v) is 12.3. The van der Waals surface area contributed by atoms with E-state index in [2.05, 4.69) is 11.1 Å². The summed E-state index contributed by atoms with van der Waals surface area (Å²) in [6, 6.07) is -1.18. The second-order valence-corrected chi connectivity index (χ2v) is 10.6. The molecule has 0 aromatic rings. The topological polar surface area (TPSA) is 72.9 Å². The molecule has 1 aliphatic heterocycles. The van der Waals surface area contributed by atoms with E-state index in [9.17, 15) is 26.4 Å². The highest BCUT2D eigenvalue weighted by atomic mass is 32.2. The van der Waals surface area contributed by atoms with Crippen LogP contribution in [0.2, 0.25) is 0 Å². The van der Waals surface area contributed by atoms with Crippen LogP contribution >= 0.6 is 0 Å². The molecule has 0 aromatic heterocycles. The Kier molecular flexibility index (Phi) is 10.2. The van der Waals surface area contributed by atoms with E-state index in [1.807, 2.05) is 0 Å². The average molecular weight is 472 g/mol. The molecule has 0 saturated heterocycles. The van der Waals surface area contributed by atoms with Gasteiger partial charge in [0.05, 0.1) is 6.04 Å². The van der Waals surface area contributed by atoms with Crippen LogP contribution < -0.4 is 0 Å². The normalized spacial score (nSPS) is 20.4. The number of halogens is 3. The van der Waals surface area contributed by atoms with Crippen molar-refractivity contribution in [1.29, 1.82) is 0 Å². The number of alkyl halides is 3. The van der Waals surface area contributed by atoms with Crippen molar-refractivity contribution in [2.24, 2.45) is 0 Å². The van der Waals surface area contributed by atoms with Gasteiger partial charge in [-0.15, -0.1) is 0 Å². The fraction of sp³-hybridized carbons (Fsp3) is 0.857. The van der Waals surface area contributed by atoms with Crippen LogP contribution in [0.3, 0.4) is 0 Å². The Labute approximate surface area is 184 Å². The maximum Gasteiger partial charge on any atom is 0.534 e. The Morgan fingerprint density at radius 1 is 1.10 bits per heavy atom. The van der Waals surface area contributed by atoms with Gasteiger partial charge < -0.3 is 8.92 Å². The maximum atomic E-state index is 12.7. The summed E-state index contributed by atoms with van der Waals surface area (Å²) in [7, 11) is -5.75. The third kappa shape index (κ3) is 9.29. The van der Waals surface area contributed by atoms with Gasteiger partial charge in [0.1, 0.15) is 11.4 Å². The second-order valence-electron chi connectivity index (χ2n) is 9.03. The molecule has 0 bridgehead atoms. The van der Waals surface area contributed by atoms with Crippen molar-refractivity contribution in [1.82, 2.24) is 4.90 Å². The lowest BCUT2D eigenvalue weighted by molar-refractivity contribution is -0.0529. The zero-order chi connectivity index (χ0) is 23.9. The van der Waals surface area contributed by atoms with Gasteiger partial charge in [-0.05, 0) is 40.2 Å². The summed E-state index contributed by atoms with van der Waals surface area (Å²) >= 11 is 0. The molecule has 0 aliphatic carbocycles. The number of nitrogens with zero attached hydrogens (tertiary/aromatic N) is 1. The summed E-state index contributed by atoms with van der Waals surface area (Å²) in [5, 5.41) is 0. The average Bonchev–Trinajstić information content (AvgIpc) is 2.57. The van der Waals surface area contributed by atoms with Crippen molar-refractivity contribution in [3.63, 3.8) is 0 Å². The Bertz CT molecular complexity index is 714. The number of unbranched alkanes of at least 4 members (excludes halogenated alkanes) is 6. The predicted molar refractivity (Wildman–Crippen MR) is 113 cm³/mol. The van der Waals surface area contributed by atoms with Gasteiger partial charge in [0.2, 0.25) is 0 Å². The smallest absolute Gasteiger partial charge is 0.444 e. The zero-order valence-corrected chi connectivity index (χ0v) is 19.9. The Hall–Kier alpha value is -1.45. The van der Waals surface area contributed by atoms with Gasteiger partial charge in [0.15, 0.2) is 0 Å². The molecule has 0 unspecified atom stereocenters. The minimum atomic E-state index is -5.75.